The maximum atomic E-state index is 5.40. The molecule has 30 heavy (non-hydrogen) atoms. The standard InChI is InChI=1S/C22H35N5O3/c1-5-29-15-7-14-24-22(25-16-18-9-11-19(28-4)12-10-18)23-13-6-8-20-26-21(17(2)3)27-30-20/h9-12,17H,5-8,13-16H2,1-4H3,(H2,23,24,25). The fourth-order valence-corrected chi connectivity index (χ4v) is 2.65. The van der Waals surface area contributed by atoms with Crippen LogP contribution in [0.15, 0.2) is 33.8 Å². The second-order valence-electron chi connectivity index (χ2n) is 7.22. The highest BCUT2D eigenvalue weighted by molar-refractivity contribution is 5.79. The molecule has 0 aliphatic rings. The van der Waals surface area contributed by atoms with Crippen LogP contribution in [-0.2, 0) is 17.7 Å². The predicted octanol–water partition coefficient (Wildman–Crippen LogP) is 3.30. The van der Waals surface area contributed by atoms with Crippen molar-refractivity contribution in [2.75, 3.05) is 33.4 Å². The topological polar surface area (TPSA) is 93.8 Å². The van der Waals surface area contributed by atoms with E-state index in [1.165, 1.54) is 0 Å². The lowest BCUT2D eigenvalue weighted by atomic mass is 10.2. The highest BCUT2D eigenvalue weighted by Crippen LogP contribution is 2.12. The number of ether oxygens (including phenoxy) is 2. The highest BCUT2D eigenvalue weighted by Gasteiger charge is 2.09. The van der Waals surface area contributed by atoms with Crippen LogP contribution in [0.25, 0.3) is 0 Å². The van der Waals surface area contributed by atoms with Gasteiger partial charge >= 0.3 is 0 Å². The Hall–Kier alpha value is -2.61. The van der Waals surface area contributed by atoms with Crippen molar-refractivity contribution in [3.05, 3.63) is 41.5 Å². The van der Waals surface area contributed by atoms with Gasteiger partial charge in [0.2, 0.25) is 5.89 Å². The molecule has 2 rings (SSSR count). The van der Waals surface area contributed by atoms with Gasteiger partial charge in [-0.3, -0.25) is 0 Å². The van der Waals surface area contributed by atoms with Gasteiger partial charge in [0.25, 0.3) is 0 Å². The molecule has 0 fully saturated rings. The van der Waals surface area contributed by atoms with Crippen LogP contribution >= 0.6 is 0 Å². The second kappa shape index (κ2) is 13.6. The van der Waals surface area contributed by atoms with Gasteiger partial charge in [-0.25, -0.2) is 4.99 Å². The van der Waals surface area contributed by atoms with Crippen LogP contribution < -0.4 is 15.4 Å². The fourth-order valence-electron chi connectivity index (χ4n) is 2.65. The lowest BCUT2D eigenvalue weighted by molar-refractivity contribution is 0.145. The smallest absolute Gasteiger partial charge is 0.226 e. The Morgan fingerprint density at radius 3 is 2.50 bits per heavy atom. The number of guanidine groups is 1. The van der Waals surface area contributed by atoms with Crippen LogP contribution in [0.3, 0.4) is 0 Å². The van der Waals surface area contributed by atoms with Gasteiger partial charge in [0.05, 0.1) is 13.7 Å². The summed E-state index contributed by atoms with van der Waals surface area (Å²) in [4.78, 5) is 9.12. The Morgan fingerprint density at radius 1 is 1.13 bits per heavy atom. The van der Waals surface area contributed by atoms with Gasteiger partial charge in [-0.1, -0.05) is 31.1 Å². The summed E-state index contributed by atoms with van der Waals surface area (Å²) in [6.45, 7) is 9.75. The first kappa shape index (κ1) is 23.7. The third-order valence-corrected chi connectivity index (χ3v) is 4.40. The largest absolute Gasteiger partial charge is 0.497 e. The molecule has 1 heterocycles. The molecule has 0 aliphatic heterocycles. The molecule has 0 atom stereocenters. The summed E-state index contributed by atoms with van der Waals surface area (Å²) in [5.74, 6) is 3.35. The number of nitrogens with one attached hydrogen (secondary N) is 2. The van der Waals surface area contributed by atoms with E-state index in [4.69, 9.17) is 19.0 Å². The van der Waals surface area contributed by atoms with Gasteiger partial charge < -0.3 is 24.6 Å². The van der Waals surface area contributed by atoms with Gasteiger partial charge in [-0.2, -0.15) is 4.98 Å². The first-order chi connectivity index (χ1) is 14.6. The van der Waals surface area contributed by atoms with Crippen molar-refractivity contribution in [3.63, 3.8) is 0 Å². The van der Waals surface area contributed by atoms with E-state index in [1.54, 1.807) is 7.11 Å². The van der Waals surface area contributed by atoms with Crippen LogP contribution in [0.5, 0.6) is 5.75 Å². The Kier molecular flexibility index (Phi) is 10.7. The molecule has 166 valence electrons. The number of benzene rings is 1. The number of rotatable bonds is 13. The van der Waals surface area contributed by atoms with Gasteiger partial charge in [0.1, 0.15) is 5.75 Å². The van der Waals surface area contributed by atoms with E-state index in [9.17, 15) is 0 Å². The van der Waals surface area contributed by atoms with Crippen LogP contribution in [0.4, 0.5) is 0 Å². The van der Waals surface area contributed by atoms with Gasteiger partial charge in [0.15, 0.2) is 11.8 Å². The lowest BCUT2D eigenvalue weighted by Crippen LogP contribution is -2.38. The molecule has 8 nitrogen and oxygen atoms in total. The summed E-state index contributed by atoms with van der Waals surface area (Å²) in [7, 11) is 1.67. The number of methoxy groups -OCH3 is 1. The molecular weight excluding hydrogens is 382 g/mol. The van der Waals surface area contributed by atoms with Crippen molar-refractivity contribution >= 4 is 5.96 Å². The van der Waals surface area contributed by atoms with E-state index in [0.29, 0.717) is 12.4 Å². The van der Waals surface area contributed by atoms with E-state index in [0.717, 1.165) is 68.7 Å². The summed E-state index contributed by atoms with van der Waals surface area (Å²) in [5.41, 5.74) is 1.12. The molecule has 0 saturated heterocycles. The number of aliphatic imine (C=N–C) groups is 1. The Labute approximate surface area is 179 Å². The molecule has 2 aromatic rings. The van der Waals surface area contributed by atoms with E-state index < -0.39 is 0 Å². The first-order valence-electron chi connectivity index (χ1n) is 10.7. The number of aromatic nitrogens is 2. The second-order valence-corrected chi connectivity index (χ2v) is 7.22. The molecular formula is C22H35N5O3. The summed E-state index contributed by atoms with van der Waals surface area (Å²) < 4.78 is 15.9. The van der Waals surface area contributed by atoms with Gasteiger partial charge in [0, 0.05) is 38.6 Å². The quantitative estimate of drug-likeness (QED) is 0.293. The number of nitrogens with zero attached hydrogens (tertiary/aromatic N) is 3. The number of aryl methyl sites for hydroxylation is 1. The minimum atomic E-state index is 0.276. The average Bonchev–Trinajstić information content (AvgIpc) is 3.24. The zero-order valence-corrected chi connectivity index (χ0v) is 18.6. The average molecular weight is 418 g/mol. The van der Waals surface area contributed by atoms with E-state index in [-0.39, 0.29) is 5.92 Å². The summed E-state index contributed by atoms with van der Waals surface area (Å²) >= 11 is 0. The maximum Gasteiger partial charge on any atom is 0.226 e. The molecule has 0 radical (unpaired) electrons. The molecule has 0 unspecified atom stereocenters. The minimum Gasteiger partial charge on any atom is -0.497 e. The molecule has 2 N–H and O–H groups in total. The van der Waals surface area contributed by atoms with Crippen molar-refractivity contribution < 1.29 is 14.0 Å². The number of hydrogen-bond donors (Lipinski definition) is 2. The van der Waals surface area contributed by atoms with Gasteiger partial charge in [-0.15, -0.1) is 0 Å². The predicted molar refractivity (Wildman–Crippen MR) is 118 cm³/mol. The van der Waals surface area contributed by atoms with Crippen molar-refractivity contribution in [1.82, 2.24) is 20.8 Å². The Morgan fingerprint density at radius 2 is 1.87 bits per heavy atom. The summed E-state index contributed by atoms with van der Waals surface area (Å²) in [6.07, 6.45) is 2.54. The molecule has 0 saturated carbocycles. The highest BCUT2D eigenvalue weighted by atomic mass is 16.5. The van der Waals surface area contributed by atoms with Gasteiger partial charge in [-0.05, 0) is 37.5 Å². The van der Waals surface area contributed by atoms with Crippen LogP contribution in [0, 0.1) is 0 Å². The molecule has 0 spiro atoms. The van der Waals surface area contributed by atoms with Crippen LogP contribution in [0.2, 0.25) is 0 Å². The fraction of sp³-hybridized carbons (Fsp3) is 0.591. The molecule has 8 heteroatoms. The SMILES string of the molecule is CCOCCCNC(=NCc1ccc(OC)cc1)NCCCc1nc(C(C)C)no1. The van der Waals surface area contributed by atoms with E-state index >= 15 is 0 Å². The van der Waals surface area contributed by atoms with Crippen molar-refractivity contribution in [2.45, 2.75) is 52.5 Å². The van der Waals surface area contributed by atoms with Crippen molar-refractivity contribution in [2.24, 2.45) is 4.99 Å². The zero-order valence-electron chi connectivity index (χ0n) is 18.6. The summed E-state index contributed by atoms with van der Waals surface area (Å²) in [6, 6.07) is 7.94. The Bertz CT molecular complexity index is 743. The van der Waals surface area contributed by atoms with Crippen molar-refractivity contribution in [3.8, 4) is 5.75 Å². The maximum absolute atomic E-state index is 5.40. The summed E-state index contributed by atoms with van der Waals surface area (Å²) in [5, 5.41) is 10.8. The Balaban J connectivity index is 1.82. The normalized spacial score (nSPS) is 11.7. The lowest BCUT2D eigenvalue weighted by Gasteiger charge is -2.12. The monoisotopic (exact) mass is 417 g/mol. The van der Waals surface area contributed by atoms with Crippen LogP contribution in [-0.4, -0.2) is 49.5 Å². The van der Waals surface area contributed by atoms with E-state index in [1.807, 2.05) is 31.2 Å². The molecule has 1 aromatic heterocycles. The van der Waals surface area contributed by atoms with E-state index in [2.05, 4.69) is 34.6 Å². The minimum absolute atomic E-state index is 0.276. The van der Waals surface area contributed by atoms with Crippen LogP contribution in [0.1, 0.15) is 56.8 Å². The first-order valence-corrected chi connectivity index (χ1v) is 10.7. The molecule has 0 bridgehead atoms. The third-order valence-electron chi connectivity index (χ3n) is 4.40. The zero-order chi connectivity index (χ0) is 21.6. The van der Waals surface area contributed by atoms with Crippen molar-refractivity contribution in [1.29, 1.82) is 0 Å². The molecule has 0 amide bonds. The number of hydrogen-bond acceptors (Lipinski definition) is 6. The molecule has 1 aromatic carbocycles. The third kappa shape index (κ3) is 8.82. The molecule has 0 aliphatic carbocycles.